The van der Waals surface area contributed by atoms with E-state index in [0.717, 1.165) is 38.2 Å². The van der Waals surface area contributed by atoms with Crippen molar-refractivity contribution >= 4 is 11.0 Å². The lowest BCUT2D eigenvalue weighted by molar-refractivity contribution is 0.0830. The predicted molar refractivity (Wildman–Crippen MR) is 97.1 cm³/mol. The summed E-state index contributed by atoms with van der Waals surface area (Å²) in [6, 6.07) is 8.56. The molecule has 0 saturated carbocycles. The maximum atomic E-state index is 6.00. The molecule has 0 spiro atoms. The Balaban J connectivity index is 1.38. The first-order valence-electron chi connectivity index (χ1n) is 9.00. The number of fused-ring (bicyclic) bond motifs is 1. The van der Waals surface area contributed by atoms with E-state index in [2.05, 4.69) is 46.6 Å². The smallest absolute Gasteiger partial charge is 0.103 e. The average molecular weight is 339 g/mol. The van der Waals surface area contributed by atoms with Gasteiger partial charge < -0.3 is 14.6 Å². The number of ether oxygens (including phenoxy) is 1. The van der Waals surface area contributed by atoms with Crippen LogP contribution in [0.5, 0.6) is 0 Å². The molecule has 3 aromatic rings. The number of rotatable bonds is 6. The van der Waals surface area contributed by atoms with Crippen LogP contribution in [0.25, 0.3) is 11.0 Å². The Morgan fingerprint density at radius 3 is 3.12 bits per heavy atom. The van der Waals surface area contributed by atoms with Crippen molar-refractivity contribution in [1.82, 2.24) is 24.6 Å². The van der Waals surface area contributed by atoms with Crippen molar-refractivity contribution in [2.75, 3.05) is 13.2 Å². The molecule has 1 N–H and O–H groups in total. The van der Waals surface area contributed by atoms with E-state index in [-0.39, 0.29) is 6.10 Å². The van der Waals surface area contributed by atoms with E-state index in [1.807, 2.05) is 28.8 Å². The van der Waals surface area contributed by atoms with Crippen molar-refractivity contribution in [3.8, 4) is 0 Å². The lowest BCUT2D eigenvalue weighted by Crippen LogP contribution is -2.25. The second kappa shape index (κ2) is 6.98. The largest absolute Gasteiger partial charge is 0.372 e. The number of aryl methyl sites for hydroxylation is 2. The number of nitrogens with zero attached hydrogens (tertiary/aromatic N) is 4. The first-order valence-corrected chi connectivity index (χ1v) is 9.00. The van der Waals surface area contributed by atoms with Crippen molar-refractivity contribution in [1.29, 1.82) is 0 Å². The maximum absolute atomic E-state index is 6.00. The minimum Gasteiger partial charge on any atom is -0.372 e. The monoisotopic (exact) mass is 339 g/mol. The highest BCUT2D eigenvalue weighted by atomic mass is 16.5. The summed E-state index contributed by atoms with van der Waals surface area (Å²) >= 11 is 0. The molecule has 1 aliphatic heterocycles. The summed E-state index contributed by atoms with van der Waals surface area (Å²) in [5.74, 6) is 0.487. The summed E-state index contributed by atoms with van der Waals surface area (Å²) in [4.78, 5) is 4.43. The highest BCUT2D eigenvalue weighted by molar-refractivity contribution is 5.75. The molecule has 2 aromatic heterocycles. The molecule has 0 unspecified atom stereocenters. The number of imidazole rings is 1. The van der Waals surface area contributed by atoms with Gasteiger partial charge in [0.05, 0.1) is 23.1 Å². The lowest BCUT2D eigenvalue weighted by atomic mass is 9.98. The number of hydrogen-bond donors (Lipinski definition) is 1. The van der Waals surface area contributed by atoms with Crippen LogP contribution >= 0.6 is 0 Å². The molecule has 6 heteroatoms. The standard InChI is InChI=1S/C19H25N5O/c1-3-24-18(6-8-22-24)19-15(7-9-25-19)12-20-11-14-4-5-17-16(10-14)21-13-23(17)2/h4-6,8,10,13,15,19-20H,3,7,9,11-12H2,1-2H3/t15-,19+/m0/s1. The molecule has 4 rings (SSSR count). The molecule has 1 aromatic carbocycles. The summed E-state index contributed by atoms with van der Waals surface area (Å²) in [6.07, 6.45) is 4.96. The van der Waals surface area contributed by atoms with Crippen LogP contribution in [-0.4, -0.2) is 32.5 Å². The Morgan fingerprint density at radius 1 is 1.32 bits per heavy atom. The quantitative estimate of drug-likeness (QED) is 0.750. The zero-order valence-corrected chi connectivity index (χ0v) is 14.9. The van der Waals surface area contributed by atoms with Crippen LogP contribution in [0, 0.1) is 5.92 Å². The van der Waals surface area contributed by atoms with E-state index in [1.54, 1.807) is 0 Å². The van der Waals surface area contributed by atoms with Crippen molar-refractivity contribution in [3.05, 3.63) is 48.0 Å². The van der Waals surface area contributed by atoms with E-state index < -0.39 is 0 Å². The fourth-order valence-corrected chi connectivity index (χ4v) is 3.71. The van der Waals surface area contributed by atoms with Gasteiger partial charge in [0.25, 0.3) is 0 Å². The first-order chi connectivity index (χ1) is 12.3. The molecule has 25 heavy (non-hydrogen) atoms. The number of hydrogen-bond acceptors (Lipinski definition) is 4. The molecule has 132 valence electrons. The van der Waals surface area contributed by atoms with Gasteiger partial charge in [-0.2, -0.15) is 5.10 Å². The molecule has 1 fully saturated rings. The molecule has 6 nitrogen and oxygen atoms in total. The summed E-state index contributed by atoms with van der Waals surface area (Å²) in [5.41, 5.74) is 4.68. The Morgan fingerprint density at radius 2 is 2.24 bits per heavy atom. The number of nitrogens with one attached hydrogen (secondary N) is 1. The highest BCUT2D eigenvalue weighted by Crippen LogP contribution is 2.34. The van der Waals surface area contributed by atoms with Gasteiger partial charge in [0.1, 0.15) is 6.10 Å². The van der Waals surface area contributed by atoms with Gasteiger partial charge in [-0.15, -0.1) is 0 Å². The predicted octanol–water partition coefficient (Wildman–Crippen LogP) is 2.66. The van der Waals surface area contributed by atoms with Crippen molar-refractivity contribution < 1.29 is 4.74 Å². The van der Waals surface area contributed by atoms with Crippen molar-refractivity contribution in [2.24, 2.45) is 13.0 Å². The van der Waals surface area contributed by atoms with Crippen LogP contribution in [0.2, 0.25) is 0 Å². The summed E-state index contributed by atoms with van der Waals surface area (Å²) in [5, 5.41) is 7.98. The second-order valence-electron chi connectivity index (χ2n) is 6.72. The molecule has 3 heterocycles. The zero-order chi connectivity index (χ0) is 17.2. The van der Waals surface area contributed by atoms with E-state index >= 15 is 0 Å². The Bertz CT molecular complexity index is 852. The van der Waals surface area contributed by atoms with Crippen LogP contribution in [-0.2, 0) is 24.9 Å². The van der Waals surface area contributed by atoms with Gasteiger partial charge >= 0.3 is 0 Å². The van der Waals surface area contributed by atoms with Gasteiger partial charge in [-0.25, -0.2) is 4.98 Å². The van der Waals surface area contributed by atoms with Crippen LogP contribution < -0.4 is 5.32 Å². The Kier molecular flexibility index (Phi) is 4.55. The average Bonchev–Trinajstić information content (AvgIpc) is 3.34. The molecular weight excluding hydrogens is 314 g/mol. The van der Waals surface area contributed by atoms with Gasteiger partial charge in [0, 0.05) is 45.4 Å². The van der Waals surface area contributed by atoms with Gasteiger partial charge in [-0.1, -0.05) is 6.07 Å². The second-order valence-corrected chi connectivity index (χ2v) is 6.72. The Hall–Kier alpha value is -2.18. The molecule has 1 aliphatic rings. The molecule has 1 saturated heterocycles. The van der Waals surface area contributed by atoms with Gasteiger partial charge in [0.2, 0.25) is 0 Å². The van der Waals surface area contributed by atoms with Crippen LogP contribution in [0.3, 0.4) is 0 Å². The van der Waals surface area contributed by atoms with E-state index in [4.69, 9.17) is 4.74 Å². The van der Waals surface area contributed by atoms with Crippen molar-refractivity contribution in [3.63, 3.8) is 0 Å². The van der Waals surface area contributed by atoms with E-state index in [0.29, 0.717) is 5.92 Å². The van der Waals surface area contributed by atoms with Crippen LogP contribution in [0.1, 0.15) is 30.7 Å². The topological polar surface area (TPSA) is 56.9 Å². The third-order valence-corrected chi connectivity index (χ3v) is 5.08. The fourth-order valence-electron chi connectivity index (χ4n) is 3.71. The van der Waals surface area contributed by atoms with Gasteiger partial charge in [-0.3, -0.25) is 4.68 Å². The number of aromatic nitrogens is 4. The normalized spacial score (nSPS) is 20.6. The van der Waals surface area contributed by atoms with E-state index in [1.165, 1.54) is 16.8 Å². The first kappa shape index (κ1) is 16.3. The molecular formula is C19H25N5O. The minimum absolute atomic E-state index is 0.147. The molecule has 2 atom stereocenters. The highest BCUT2D eigenvalue weighted by Gasteiger charge is 2.31. The van der Waals surface area contributed by atoms with Gasteiger partial charge in [-0.05, 0) is 37.1 Å². The van der Waals surface area contributed by atoms with E-state index in [9.17, 15) is 0 Å². The maximum Gasteiger partial charge on any atom is 0.103 e. The summed E-state index contributed by atoms with van der Waals surface area (Å²) in [6.45, 7) is 5.62. The van der Waals surface area contributed by atoms with Crippen LogP contribution in [0.15, 0.2) is 36.8 Å². The van der Waals surface area contributed by atoms with Crippen molar-refractivity contribution in [2.45, 2.75) is 32.5 Å². The zero-order valence-electron chi connectivity index (χ0n) is 14.9. The molecule has 0 amide bonds. The lowest BCUT2D eigenvalue weighted by Gasteiger charge is -2.20. The molecule has 0 radical (unpaired) electrons. The van der Waals surface area contributed by atoms with Gasteiger partial charge in [0.15, 0.2) is 0 Å². The Labute approximate surface area is 147 Å². The fraction of sp³-hybridized carbons (Fsp3) is 0.474. The summed E-state index contributed by atoms with van der Waals surface area (Å²) in [7, 11) is 2.02. The molecule has 0 aliphatic carbocycles. The minimum atomic E-state index is 0.147. The molecule has 0 bridgehead atoms. The SMILES string of the molecule is CCn1nccc1[C@@H]1OCC[C@H]1CNCc1ccc2c(c1)ncn2C. The third kappa shape index (κ3) is 3.19. The number of benzene rings is 1. The third-order valence-electron chi connectivity index (χ3n) is 5.08. The van der Waals surface area contributed by atoms with Crippen LogP contribution in [0.4, 0.5) is 0 Å². The summed E-state index contributed by atoms with van der Waals surface area (Å²) < 4.78 is 10.1.